The maximum Gasteiger partial charge on any atom is 0.251 e. The quantitative estimate of drug-likeness (QED) is 0.702. The van der Waals surface area contributed by atoms with Crippen LogP contribution in [0.5, 0.6) is 0 Å². The zero-order chi connectivity index (χ0) is 17.4. The van der Waals surface area contributed by atoms with Crippen LogP contribution in [0.15, 0.2) is 36.8 Å². The summed E-state index contributed by atoms with van der Waals surface area (Å²) in [5.41, 5.74) is 8.88. The fourth-order valence-corrected chi connectivity index (χ4v) is 2.70. The van der Waals surface area contributed by atoms with Crippen molar-refractivity contribution in [3.05, 3.63) is 53.5 Å². The van der Waals surface area contributed by atoms with E-state index in [-0.39, 0.29) is 5.91 Å². The average Bonchev–Trinajstić information content (AvgIpc) is 3.36. The molecule has 0 bridgehead atoms. The molecule has 3 aromatic rings. The van der Waals surface area contributed by atoms with Gasteiger partial charge in [-0.25, -0.2) is 9.97 Å². The summed E-state index contributed by atoms with van der Waals surface area (Å²) in [4.78, 5) is 20.4. The molecule has 2 aromatic heterocycles. The minimum Gasteiger partial charge on any atom is -0.383 e. The molecule has 1 aliphatic carbocycles. The molecule has 2 heterocycles. The fourth-order valence-electron chi connectivity index (χ4n) is 2.70. The molecule has 0 unspecified atom stereocenters. The zero-order valence-electron chi connectivity index (χ0n) is 13.8. The number of benzene rings is 1. The fraction of sp³-hybridized carbons (Fsp3) is 0.211. The van der Waals surface area contributed by atoms with Gasteiger partial charge in [0.25, 0.3) is 5.91 Å². The van der Waals surface area contributed by atoms with Crippen molar-refractivity contribution in [1.82, 2.24) is 19.9 Å². The number of hydrogen-bond donors (Lipinski definition) is 2. The Morgan fingerprint density at radius 2 is 2.16 bits per heavy atom. The van der Waals surface area contributed by atoms with Crippen LogP contribution in [0.4, 0.5) is 5.82 Å². The Kier molecular flexibility index (Phi) is 3.62. The van der Waals surface area contributed by atoms with Crippen molar-refractivity contribution in [2.75, 3.05) is 5.73 Å². The number of carbonyl (C=O) groups is 1. The number of aromatic nitrogens is 3. The molecule has 0 aliphatic heterocycles. The van der Waals surface area contributed by atoms with Crippen molar-refractivity contribution >= 4 is 22.8 Å². The Balaban J connectivity index is 1.67. The second-order valence-electron chi connectivity index (χ2n) is 6.19. The van der Waals surface area contributed by atoms with Crippen molar-refractivity contribution in [3.8, 4) is 11.8 Å². The molecule has 1 aromatic carbocycles. The van der Waals surface area contributed by atoms with E-state index in [2.05, 4.69) is 27.1 Å². The summed E-state index contributed by atoms with van der Waals surface area (Å²) in [6.07, 6.45) is 5.45. The van der Waals surface area contributed by atoms with Gasteiger partial charge in [0.05, 0.1) is 10.9 Å². The van der Waals surface area contributed by atoms with Gasteiger partial charge in [-0.1, -0.05) is 17.9 Å². The molecule has 1 amide bonds. The standard InChI is InChI=1S/C19H17N5O/c1-24-10-14(16-17(20)21-11-22-18(16)24)6-5-12-3-2-4-13(9-12)19(25)23-15-7-8-15/h2-4,9-11,15H,7-8H2,1H3,(H,23,25)(H2,20,21,22). The number of hydrogen-bond acceptors (Lipinski definition) is 4. The van der Waals surface area contributed by atoms with Crippen LogP contribution in [0, 0.1) is 11.8 Å². The number of nitrogens with two attached hydrogens (primary N) is 1. The van der Waals surface area contributed by atoms with Gasteiger partial charge in [0, 0.05) is 30.4 Å². The van der Waals surface area contributed by atoms with Gasteiger partial charge in [-0.15, -0.1) is 0 Å². The molecule has 1 aliphatic rings. The number of anilines is 1. The van der Waals surface area contributed by atoms with Crippen LogP contribution in [0.25, 0.3) is 11.0 Å². The Hall–Kier alpha value is -3.33. The van der Waals surface area contributed by atoms with Crippen LogP contribution >= 0.6 is 0 Å². The summed E-state index contributed by atoms with van der Waals surface area (Å²) >= 11 is 0. The number of nitrogen functional groups attached to an aromatic ring is 1. The van der Waals surface area contributed by atoms with Crippen LogP contribution < -0.4 is 11.1 Å². The minimum absolute atomic E-state index is 0.0473. The lowest BCUT2D eigenvalue weighted by Gasteiger charge is -2.03. The van der Waals surface area contributed by atoms with E-state index in [0.29, 0.717) is 17.4 Å². The topological polar surface area (TPSA) is 85.8 Å². The first kappa shape index (κ1) is 15.2. The summed E-state index contributed by atoms with van der Waals surface area (Å²) < 4.78 is 1.87. The van der Waals surface area contributed by atoms with Gasteiger partial charge >= 0.3 is 0 Å². The molecule has 3 N–H and O–H groups in total. The Labute approximate surface area is 145 Å². The van der Waals surface area contributed by atoms with Crippen LogP contribution in [0.2, 0.25) is 0 Å². The number of rotatable bonds is 2. The maximum absolute atomic E-state index is 12.1. The van der Waals surface area contributed by atoms with Crippen molar-refractivity contribution in [2.45, 2.75) is 18.9 Å². The second kappa shape index (κ2) is 5.95. The molecule has 4 rings (SSSR count). The summed E-state index contributed by atoms with van der Waals surface area (Å²) in [5, 5.41) is 3.73. The van der Waals surface area contributed by atoms with Crippen LogP contribution in [0.1, 0.15) is 34.3 Å². The van der Waals surface area contributed by atoms with Crippen LogP contribution in [0.3, 0.4) is 0 Å². The molecule has 0 atom stereocenters. The molecule has 124 valence electrons. The van der Waals surface area contributed by atoms with Gasteiger partial charge in [-0.2, -0.15) is 0 Å². The predicted octanol–water partition coefficient (Wildman–Crippen LogP) is 1.84. The lowest BCUT2D eigenvalue weighted by Crippen LogP contribution is -2.25. The highest BCUT2D eigenvalue weighted by Gasteiger charge is 2.23. The SMILES string of the molecule is Cn1cc(C#Cc2cccc(C(=O)NC3CC3)c2)c2c(N)ncnc21. The molecule has 1 fully saturated rings. The van der Waals surface area contributed by atoms with E-state index in [1.807, 2.05) is 29.9 Å². The van der Waals surface area contributed by atoms with Gasteiger partial charge in [-0.05, 0) is 31.0 Å². The normalized spacial score (nSPS) is 13.3. The van der Waals surface area contributed by atoms with E-state index in [1.54, 1.807) is 12.1 Å². The van der Waals surface area contributed by atoms with E-state index in [0.717, 1.165) is 35.0 Å². The Morgan fingerprint density at radius 3 is 2.96 bits per heavy atom. The highest BCUT2D eigenvalue weighted by atomic mass is 16.1. The van der Waals surface area contributed by atoms with E-state index < -0.39 is 0 Å². The summed E-state index contributed by atoms with van der Waals surface area (Å²) in [6.45, 7) is 0. The maximum atomic E-state index is 12.1. The molecule has 6 nitrogen and oxygen atoms in total. The summed E-state index contributed by atoms with van der Waals surface area (Å²) in [6, 6.07) is 7.65. The lowest BCUT2D eigenvalue weighted by molar-refractivity contribution is 0.0951. The molecule has 0 radical (unpaired) electrons. The van der Waals surface area contributed by atoms with Crippen LogP contribution in [-0.2, 0) is 7.05 Å². The van der Waals surface area contributed by atoms with E-state index >= 15 is 0 Å². The molecule has 6 heteroatoms. The highest BCUT2D eigenvalue weighted by Crippen LogP contribution is 2.22. The highest BCUT2D eigenvalue weighted by molar-refractivity contribution is 5.95. The lowest BCUT2D eigenvalue weighted by atomic mass is 10.1. The molecule has 1 saturated carbocycles. The van der Waals surface area contributed by atoms with Crippen LogP contribution in [-0.4, -0.2) is 26.5 Å². The third-order valence-electron chi connectivity index (χ3n) is 4.16. The van der Waals surface area contributed by atoms with E-state index in [1.165, 1.54) is 6.33 Å². The van der Waals surface area contributed by atoms with Gasteiger partial charge in [0.15, 0.2) is 0 Å². The first-order valence-electron chi connectivity index (χ1n) is 8.10. The molecular weight excluding hydrogens is 314 g/mol. The zero-order valence-corrected chi connectivity index (χ0v) is 13.8. The third kappa shape index (κ3) is 3.04. The monoisotopic (exact) mass is 331 g/mol. The smallest absolute Gasteiger partial charge is 0.251 e. The molecule has 0 saturated heterocycles. The predicted molar refractivity (Wildman–Crippen MR) is 95.8 cm³/mol. The minimum atomic E-state index is -0.0473. The van der Waals surface area contributed by atoms with Crippen molar-refractivity contribution in [3.63, 3.8) is 0 Å². The van der Waals surface area contributed by atoms with Crippen molar-refractivity contribution < 1.29 is 4.79 Å². The first-order valence-corrected chi connectivity index (χ1v) is 8.10. The van der Waals surface area contributed by atoms with E-state index in [9.17, 15) is 4.79 Å². The average molecular weight is 331 g/mol. The number of carbonyl (C=O) groups excluding carboxylic acids is 1. The third-order valence-corrected chi connectivity index (χ3v) is 4.16. The number of nitrogens with zero attached hydrogens (tertiary/aromatic N) is 3. The number of aryl methyl sites for hydroxylation is 1. The van der Waals surface area contributed by atoms with E-state index in [4.69, 9.17) is 5.73 Å². The number of fused-ring (bicyclic) bond motifs is 1. The summed E-state index contributed by atoms with van der Waals surface area (Å²) in [5.74, 6) is 6.59. The van der Waals surface area contributed by atoms with Gasteiger partial charge in [-0.3, -0.25) is 4.79 Å². The van der Waals surface area contributed by atoms with Gasteiger partial charge < -0.3 is 15.6 Å². The van der Waals surface area contributed by atoms with Gasteiger partial charge in [0.1, 0.15) is 17.8 Å². The number of amides is 1. The van der Waals surface area contributed by atoms with Gasteiger partial charge in [0.2, 0.25) is 0 Å². The molecule has 0 spiro atoms. The first-order chi connectivity index (χ1) is 12.1. The summed E-state index contributed by atoms with van der Waals surface area (Å²) in [7, 11) is 1.89. The molecule has 25 heavy (non-hydrogen) atoms. The Bertz CT molecular complexity index is 1040. The van der Waals surface area contributed by atoms with Crippen molar-refractivity contribution in [2.24, 2.45) is 7.05 Å². The Morgan fingerprint density at radius 1 is 1.32 bits per heavy atom. The molecular formula is C19H17N5O. The van der Waals surface area contributed by atoms with Crippen molar-refractivity contribution in [1.29, 1.82) is 0 Å². The number of nitrogens with one attached hydrogen (secondary N) is 1. The second-order valence-corrected chi connectivity index (χ2v) is 6.19. The largest absolute Gasteiger partial charge is 0.383 e.